The van der Waals surface area contributed by atoms with E-state index in [0.29, 0.717) is 31.2 Å². The Hall–Kier alpha value is -2.49. The molecule has 23 heavy (non-hydrogen) atoms. The van der Waals surface area contributed by atoms with Crippen molar-refractivity contribution in [2.24, 2.45) is 0 Å². The second-order valence-corrected chi connectivity index (χ2v) is 5.30. The first-order valence-electron chi connectivity index (χ1n) is 7.58. The summed E-state index contributed by atoms with van der Waals surface area (Å²) in [6.07, 6.45) is 4.11. The molecule has 2 atom stereocenters. The van der Waals surface area contributed by atoms with Gasteiger partial charge in [-0.3, -0.25) is 4.98 Å². The topological polar surface area (TPSA) is 80.1 Å². The molecule has 0 amide bonds. The molecule has 1 aliphatic rings. The molecule has 3 rings (SSSR count). The van der Waals surface area contributed by atoms with E-state index in [1.54, 1.807) is 24.5 Å². The summed E-state index contributed by atoms with van der Waals surface area (Å²) in [4.78, 5) is 8.51. The maximum atomic E-state index is 9.17. The number of anilines is 1. The van der Waals surface area contributed by atoms with Gasteiger partial charge >= 0.3 is 0 Å². The van der Waals surface area contributed by atoms with Gasteiger partial charge in [-0.05, 0) is 30.7 Å². The smallest absolute Gasteiger partial charge is 0.144 e. The third kappa shape index (κ3) is 4.03. The van der Waals surface area contributed by atoms with Gasteiger partial charge in [0.05, 0.1) is 30.5 Å². The molecule has 1 fully saturated rings. The van der Waals surface area contributed by atoms with Crippen LogP contribution in [0, 0.1) is 11.3 Å². The summed E-state index contributed by atoms with van der Waals surface area (Å²) in [5, 5.41) is 12.5. The van der Waals surface area contributed by atoms with Crippen LogP contribution >= 0.6 is 0 Å². The molecule has 0 radical (unpaired) electrons. The van der Waals surface area contributed by atoms with E-state index in [9.17, 15) is 5.26 Å². The first kappa shape index (κ1) is 15.4. The van der Waals surface area contributed by atoms with Crippen LogP contribution in [0.1, 0.15) is 17.7 Å². The summed E-state index contributed by atoms with van der Waals surface area (Å²) >= 11 is 0. The van der Waals surface area contributed by atoms with Crippen molar-refractivity contribution in [2.45, 2.75) is 25.2 Å². The summed E-state index contributed by atoms with van der Waals surface area (Å²) in [6, 6.07) is 11.4. The molecule has 0 saturated carbocycles. The van der Waals surface area contributed by atoms with Gasteiger partial charge in [0, 0.05) is 19.0 Å². The van der Waals surface area contributed by atoms with Gasteiger partial charge in [0.15, 0.2) is 0 Å². The Balaban J connectivity index is 1.65. The molecule has 3 heterocycles. The van der Waals surface area contributed by atoms with Gasteiger partial charge in [0.2, 0.25) is 0 Å². The van der Waals surface area contributed by atoms with Crippen LogP contribution in [0.3, 0.4) is 0 Å². The highest BCUT2D eigenvalue weighted by molar-refractivity contribution is 5.51. The summed E-state index contributed by atoms with van der Waals surface area (Å²) in [5.74, 6) is 0.591. The molecule has 1 aliphatic heterocycles. The maximum absolute atomic E-state index is 9.17. The van der Waals surface area contributed by atoms with Crippen molar-refractivity contribution in [3.63, 3.8) is 0 Å². The minimum absolute atomic E-state index is 0.0504. The van der Waals surface area contributed by atoms with Crippen LogP contribution in [0.25, 0.3) is 0 Å². The van der Waals surface area contributed by atoms with Crippen LogP contribution in [0.2, 0.25) is 0 Å². The Morgan fingerprint density at radius 1 is 1.26 bits per heavy atom. The van der Waals surface area contributed by atoms with E-state index in [0.717, 1.165) is 12.1 Å². The Labute approximate surface area is 135 Å². The zero-order valence-electron chi connectivity index (χ0n) is 12.7. The second kappa shape index (κ2) is 7.68. The largest absolute Gasteiger partial charge is 0.379 e. The average Bonchev–Trinajstić information content (AvgIpc) is 2.62. The molecular formula is C17H18N4O2. The van der Waals surface area contributed by atoms with Crippen molar-refractivity contribution in [3.8, 4) is 6.07 Å². The Morgan fingerprint density at radius 3 is 3.00 bits per heavy atom. The molecule has 1 saturated heterocycles. The van der Waals surface area contributed by atoms with E-state index in [2.05, 4.69) is 21.4 Å². The molecule has 0 aromatic carbocycles. The van der Waals surface area contributed by atoms with Gasteiger partial charge in [0.25, 0.3) is 0 Å². The highest BCUT2D eigenvalue weighted by Crippen LogP contribution is 2.19. The van der Waals surface area contributed by atoms with Crippen molar-refractivity contribution in [2.75, 3.05) is 18.5 Å². The number of hydrogen-bond donors (Lipinski definition) is 1. The number of pyridine rings is 2. The van der Waals surface area contributed by atoms with Gasteiger partial charge in [-0.1, -0.05) is 6.07 Å². The van der Waals surface area contributed by atoms with Gasteiger partial charge in [-0.15, -0.1) is 0 Å². The molecule has 0 aliphatic carbocycles. The Kier molecular flexibility index (Phi) is 5.14. The van der Waals surface area contributed by atoms with Crippen LogP contribution in [0.4, 0.5) is 5.82 Å². The fraction of sp³-hybridized carbons (Fsp3) is 0.353. The Bertz CT molecular complexity index is 672. The quantitative estimate of drug-likeness (QED) is 0.911. The molecular weight excluding hydrogens is 292 g/mol. The molecule has 0 spiro atoms. The summed E-state index contributed by atoms with van der Waals surface area (Å²) < 4.78 is 11.5. The summed E-state index contributed by atoms with van der Waals surface area (Å²) in [5.41, 5.74) is 1.41. The molecule has 2 aromatic heterocycles. The predicted octanol–water partition coefficient (Wildman–Crippen LogP) is 2.13. The zero-order chi connectivity index (χ0) is 15.9. The number of rotatable bonds is 5. The van der Waals surface area contributed by atoms with Gasteiger partial charge in [-0.25, -0.2) is 4.98 Å². The monoisotopic (exact) mass is 310 g/mol. The number of aromatic nitrogens is 2. The third-order valence-corrected chi connectivity index (χ3v) is 3.73. The van der Waals surface area contributed by atoms with Crippen LogP contribution < -0.4 is 5.32 Å². The summed E-state index contributed by atoms with van der Waals surface area (Å²) in [7, 11) is 0. The lowest BCUT2D eigenvalue weighted by molar-refractivity contribution is -0.0645. The third-order valence-electron chi connectivity index (χ3n) is 3.73. The molecule has 118 valence electrons. The van der Waals surface area contributed by atoms with E-state index in [4.69, 9.17) is 9.47 Å². The van der Waals surface area contributed by atoms with E-state index in [1.165, 1.54) is 0 Å². The molecule has 0 bridgehead atoms. The maximum Gasteiger partial charge on any atom is 0.144 e. The van der Waals surface area contributed by atoms with Crippen molar-refractivity contribution in [1.29, 1.82) is 5.26 Å². The van der Waals surface area contributed by atoms with E-state index < -0.39 is 0 Å². The van der Waals surface area contributed by atoms with Gasteiger partial charge in [-0.2, -0.15) is 5.26 Å². The van der Waals surface area contributed by atoms with Crippen LogP contribution in [-0.2, 0) is 16.1 Å². The van der Waals surface area contributed by atoms with Crippen molar-refractivity contribution in [3.05, 3.63) is 54.0 Å². The van der Waals surface area contributed by atoms with E-state index in [1.807, 2.05) is 18.2 Å². The fourth-order valence-corrected chi connectivity index (χ4v) is 2.50. The number of nitrogens with one attached hydrogen (secondary N) is 1. The molecule has 1 N–H and O–H groups in total. The van der Waals surface area contributed by atoms with Crippen LogP contribution in [0.15, 0.2) is 42.7 Å². The minimum Gasteiger partial charge on any atom is -0.379 e. The molecule has 0 unspecified atom stereocenters. The fourth-order valence-electron chi connectivity index (χ4n) is 2.50. The lowest BCUT2D eigenvalue weighted by atomic mass is 10.1. The van der Waals surface area contributed by atoms with E-state index >= 15 is 0 Å². The lowest BCUT2D eigenvalue weighted by Gasteiger charge is -2.32. The Morgan fingerprint density at radius 2 is 2.17 bits per heavy atom. The van der Waals surface area contributed by atoms with Crippen molar-refractivity contribution in [1.82, 2.24) is 9.97 Å². The standard InChI is InChI=1S/C17H18N4O2/c18-10-13-4-3-8-20-17(13)21-15-6-9-22-12-16(15)23-11-14-5-1-2-7-19-14/h1-5,7-8,15-16H,6,9,11-12H2,(H,20,21)/t15-,16-/m1/s1. The first-order valence-corrected chi connectivity index (χ1v) is 7.58. The number of nitrogens with zero attached hydrogens (tertiary/aromatic N) is 3. The van der Waals surface area contributed by atoms with Gasteiger partial charge < -0.3 is 14.8 Å². The number of nitriles is 1. The van der Waals surface area contributed by atoms with E-state index in [-0.39, 0.29) is 12.1 Å². The average molecular weight is 310 g/mol. The van der Waals surface area contributed by atoms with Gasteiger partial charge in [0.1, 0.15) is 18.0 Å². The zero-order valence-corrected chi connectivity index (χ0v) is 12.7. The van der Waals surface area contributed by atoms with Crippen molar-refractivity contribution >= 4 is 5.82 Å². The van der Waals surface area contributed by atoms with Crippen LogP contribution in [0.5, 0.6) is 0 Å². The second-order valence-electron chi connectivity index (χ2n) is 5.30. The first-order chi connectivity index (χ1) is 11.4. The normalized spacial score (nSPS) is 20.7. The molecule has 6 nitrogen and oxygen atoms in total. The lowest BCUT2D eigenvalue weighted by Crippen LogP contribution is -2.44. The summed E-state index contributed by atoms with van der Waals surface area (Å²) in [6.45, 7) is 1.61. The number of hydrogen-bond acceptors (Lipinski definition) is 6. The molecule has 2 aromatic rings. The van der Waals surface area contributed by atoms with Crippen molar-refractivity contribution < 1.29 is 9.47 Å². The SMILES string of the molecule is N#Cc1cccnc1N[C@@H]1CCOC[C@H]1OCc1ccccn1. The molecule has 6 heteroatoms. The minimum atomic E-state index is -0.112. The van der Waals surface area contributed by atoms with Crippen LogP contribution in [-0.4, -0.2) is 35.3 Å². The predicted molar refractivity (Wildman–Crippen MR) is 84.6 cm³/mol. The number of ether oxygens (including phenoxy) is 2. The highest BCUT2D eigenvalue weighted by Gasteiger charge is 2.27. The highest BCUT2D eigenvalue weighted by atomic mass is 16.5.